The Morgan fingerprint density at radius 2 is 1.73 bits per heavy atom. The quantitative estimate of drug-likeness (QED) is 0.372. The van der Waals surface area contributed by atoms with Crippen LogP contribution in [0.3, 0.4) is 0 Å². The normalized spacial score (nSPS) is 11.7. The first-order valence-electron chi connectivity index (χ1n) is 9.00. The predicted octanol–water partition coefficient (Wildman–Crippen LogP) is 5.47. The third-order valence-electron chi connectivity index (χ3n) is 3.36. The molecule has 1 atom stereocenters. The lowest BCUT2D eigenvalue weighted by Crippen LogP contribution is -2.21. The van der Waals surface area contributed by atoms with Crippen LogP contribution in [0.25, 0.3) is 0 Å². The highest BCUT2D eigenvalue weighted by atomic mass is 17.2. The predicted molar refractivity (Wildman–Crippen MR) is 100.0 cm³/mol. The monoisotopic (exact) mass is 368 g/mol. The van der Waals surface area contributed by atoms with E-state index in [4.69, 9.17) is 9.99 Å². The Bertz CT molecular complexity index is 507. The molecule has 0 heterocycles. The van der Waals surface area contributed by atoms with Crippen LogP contribution in [0, 0.1) is 5.92 Å². The van der Waals surface area contributed by atoms with Gasteiger partial charge in [0, 0.05) is 0 Å². The molecule has 1 aromatic carbocycles. The van der Waals surface area contributed by atoms with E-state index in [1.807, 2.05) is 26.8 Å². The molecule has 26 heavy (non-hydrogen) atoms. The topological polar surface area (TPSA) is 82.1 Å². The standard InChI is InChI=1S/C11H14O3.C9H18O3/c1-11(2,3)14-13-10(12)9-7-5-4-6-8-9;1-3-5-6-8(4-2)7-12-9(10)11/h4-8H,1-3H3;8H,3-7H2,1-2H3,(H,10,11). The fraction of sp³-hybridized carbons (Fsp3) is 0.600. The maximum atomic E-state index is 11.3. The summed E-state index contributed by atoms with van der Waals surface area (Å²) in [6.07, 6.45) is 3.21. The molecule has 0 aliphatic carbocycles. The molecule has 0 saturated carbocycles. The van der Waals surface area contributed by atoms with Gasteiger partial charge in [-0.05, 0) is 45.2 Å². The minimum atomic E-state index is -1.16. The first kappa shape index (κ1) is 23.9. The zero-order valence-corrected chi connectivity index (χ0v) is 16.5. The number of unbranched alkanes of at least 4 members (excludes halogenated alkanes) is 1. The first-order valence-corrected chi connectivity index (χ1v) is 9.00. The van der Waals surface area contributed by atoms with Crippen LogP contribution in [0.2, 0.25) is 0 Å². The summed E-state index contributed by atoms with van der Waals surface area (Å²) in [5.41, 5.74) is 0.00140. The van der Waals surface area contributed by atoms with Crippen molar-refractivity contribution in [3.63, 3.8) is 0 Å². The molecule has 0 bridgehead atoms. The molecule has 0 saturated heterocycles. The second-order valence-corrected chi connectivity index (χ2v) is 6.93. The van der Waals surface area contributed by atoms with Gasteiger partial charge >= 0.3 is 12.1 Å². The molecule has 1 rings (SSSR count). The van der Waals surface area contributed by atoms with Crippen molar-refractivity contribution in [1.82, 2.24) is 0 Å². The average Bonchev–Trinajstić information content (AvgIpc) is 2.60. The van der Waals surface area contributed by atoms with Gasteiger partial charge in [-0.2, -0.15) is 4.89 Å². The molecular weight excluding hydrogens is 336 g/mol. The van der Waals surface area contributed by atoms with Gasteiger partial charge in [-0.3, -0.25) is 4.89 Å². The Kier molecular flexibility index (Phi) is 12.1. The van der Waals surface area contributed by atoms with Crippen molar-refractivity contribution in [1.29, 1.82) is 0 Å². The maximum Gasteiger partial charge on any atom is 0.505 e. The average molecular weight is 368 g/mol. The second-order valence-electron chi connectivity index (χ2n) is 6.93. The minimum Gasteiger partial charge on any atom is -0.450 e. The third kappa shape index (κ3) is 13.2. The molecular formula is C20H32O6. The largest absolute Gasteiger partial charge is 0.505 e. The van der Waals surface area contributed by atoms with E-state index < -0.39 is 17.7 Å². The molecule has 0 fully saturated rings. The summed E-state index contributed by atoms with van der Waals surface area (Å²) in [6.45, 7) is 9.98. The van der Waals surface area contributed by atoms with Crippen LogP contribution in [-0.4, -0.2) is 29.4 Å². The third-order valence-corrected chi connectivity index (χ3v) is 3.36. The van der Waals surface area contributed by atoms with Crippen LogP contribution in [0.15, 0.2) is 30.3 Å². The van der Waals surface area contributed by atoms with E-state index in [9.17, 15) is 9.59 Å². The number of carboxylic acid groups (broad SMARTS) is 1. The van der Waals surface area contributed by atoms with Crippen LogP contribution >= 0.6 is 0 Å². The van der Waals surface area contributed by atoms with Crippen molar-refractivity contribution in [2.24, 2.45) is 5.92 Å². The molecule has 0 aliphatic heterocycles. The molecule has 0 amide bonds. The summed E-state index contributed by atoms with van der Waals surface area (Å²) in [7, 11) is 0. The summed E-state index contributed by atoms with van der Waals surface area (Å²) in [6, 6.07) is 8.73. The van der Waals surface area contributed by atoms with Crippen molar-refractivity contribution < 1.29 is 29.2 Å². The number of carbonyl (C=O) groups excluding carboxylic acids is 1. The molecule has 0 aliphatic rings. The second kappa shape index (κ2) is 13.2. The van der Waals surface area contributed by atoms with Gasteiger partial charge in [-0.1, -0.05) is 51.3 Å². The van der Waals surface area contributed by atoms with E-state index in [0.29, 0.717) is 18.1 Å². The Morgan fingerprint density at radius 1 is 1.12 bits per heavy atom. The van der Waals surface area contributed by atoms with E-state index in [0.717, 1.165) is 25.7 Å². The van der Waals surface area contributed by atoms with E-state index >= 15 is 0 Å². The van der Waals surface area contributed by atoms with E-state index in [-0.39, 0.29) is 0 Å². The smallest absolute Gasteiger partial charge is 0.450 e. The van der Waals surface area contributed by atoms with Gasteiger partial charge in [0.15, 0.2) is 0 Å². The van der Waals surface area contributed by atoms with Gasteiger partial charge in [-0.15, -0.1) is 0 Å². The summed E-state index contributed by atoms with van der Waals surface area (Å²) in [5, 5.41) is 8.26. The van der Waals surface area contributed by atoms with Crippen molar-refractivity contribution in [2.45, 2.75) is 65.9 Å². The summed E-state index contributed by atoms with van der Waals surface area (Å²) in [4.78, 5) is 31.0. The number of ether oxygens (including phenoxy) is 1. The van der Waals surface area contributed by atoms with E-state index in [1.54, 1.807) is 24.3 Å². The number of benzene rings is 1. The summed E-state index contributed by atoms with van der Waals surface area (Å²) < 4.78 is 4.51. The highest BCUT2D eigenvalue weighted by Crippen LogP contribution is 2.12. The van der Waals surface area contributed by atoms with Gasteiger partial charge in [0.25, 0.3) is 0 Å². The molecule has 0 aromatic heterocycles. The summed E-state index contributed by atoms with van der Waals surface area (Å²) in [5.74, 6) is -0.0680. The number of hydrogen-bond acceptors (Lipinski definition) is 5. The lowest BCUT2D eigenvalue weighted by molar-refractivity contribution is -0.301. The molecule has 0 radical (unpaired) electrons. The number of rotatable bonds is 8. The lowest BCUT2D eigenvalue weighted by Gasteiger charge is -2.16. The molecule has 1 aromatic rings. The number of carbonyl (C=O) groups is 2. The van der Waals surface area contributed by atoms with Crippen LogP contribution in [0.1, 0.15) is 70.7 Å². The lowest BCUT2D eigenvalue weighted by atomic mass is 10.0. The van der Waals surface area contributed by atoms with E-state index in [2.05, 4.69) is 23.5 Å². The van der Waals surface area contributed by atoms with Gasteiger partial charge in [0.1, 0.15) is 5.60 Å². The maximum absolute atomic E-state index is 11.3. The zero-order valence-electron chi connectivity index (χ0n) is 16.5. The van der Waals surface area contributed by atoms with Gasteiger partial charge in [-0.25, -0.2) is 9.59 Å². The first-order chi connectivity index (χ1) is 12.2. The molecule has 1 unspecified atom stereocenters. The highest BCUT2D eigenvalue weighted by Gasteiger charge is 2.16. The Morgan fingerprint density at radius 3 is 2.19 bits per heavy atom. The van der Waals surface area contributed by atoms with Crippen molar-refractivity contribution in [2.75, 3.05) is 6.61 Å². The fourth-order valence-corrected chi connectivity index (χ4v) is 1.87. The van der Waals surface area contributed by atoms with Crippen molar-refractivity contribution in [3.05, 3.63) is 35.9 Å². The molecule has 6 nitrogen and oxygen atoms in total. The van der Waals surface area contributed by atoms with Crippen LogP contribution < -0.4 is 0 Å². The highest BCUT2D eigenvalue weighted by molar-refractivity contribution is 5.88. The summed E-state index contributed by atoms with van der Waals surface area (Å²) >= 11 is 0. The molecule has 1 N–H and O–H groups in total. The Labute approximate surface area is 156 Å². The van der Waals surface area contributed by atoms with Crippen LogP contribution in [0.4, 0.5) is 4.79 Å². The van der Waals surface area contributed by atoms with Gasteiger partial charge in [0.05, 0.1) is 12.2 Å². The van der Waals surface area contributed by atoms with Crippen LogP contribution in [-0.2, 0) is 14.5 Å². The SMILES string of the molecule is CC(C)(C)OOC(=O)c1ccccc1.CCCCC(CC)COC(=O)O. The minimum absolute atomic E-state index is 0.353. The Balaban J connectivity index is 0.000000488. The molecule has 0 spiro atoms. The number of hydrogen-bond donors (Lipinski definition) is 1. The molecule has 6 heteroatoms. The van der Waals surface area contributed by atoms with E-state index in [1.165, 1.54) is 0 Å². The van der Waals surface area contributed by atoms with Gasteiger partial charge in [0.2, 0.25) is 0 Å². The van der Waals surface area contributed by atoms with Crippen molar-refractivity contribution >= 4 is 12.1 Å². The van der Waals surface area contributed by atoms with Crippen LogP contribution in [0.5, 0.6) is 0 Å². The fourth-order valence-electron chi connectivity index (χ4n) is 1.87. The Hall–Kier alpha value is -2.08. The van der Waals surface area contributed by atoms with Gasteiger partial charge < -0.3 is 9.84 Å². The molecule has 148 valence electrons. The zero-order chi connectivity index (χ0) is 20.0. The van der Waals surface area contributed by atoms with Crippen molar-refractivity contribution in [3.8, 4) is 0 Å².